The van der Waals surface area contributed by atoms with Gasteiger partial charge >= 0.3 is 5.97 Å². The van der Waals surface area contributed by atoms with Gasteiger partial charge in [-0.2, -0.15) is 0 Å². The minimum absolute atomic E-state index is 0.107. The van der Waals surface area contributed by atoms with Crippen LogP contribution in [0.3, 0.4) is 0 Å². The number of hydrogen-bond acceptors (Lipinski definition) is 2. The lowest BCUT2D eigenvalue weighted by Gasteiger charge is -2.29. The number of rotatable bonds is 7. The third-order valence-electron chi connectivity index (χ3n) is 4.80. The van der Waals surface area contributed by atoms with Crippen molar-refractivity contribution in [3.63, 3.8) is 0 Å². The lowest BCUT2D eigenvalue weighted by molar-refractivity contribution is -0.145. The summed E-state index contributed by atoms with van der Waals surface area (Å²) >= 11 is 0. The zero-order valence-electron chi connectivity index (χ0n) is 13.9. The summed E-state index contributed by atoms with van der Waals surface area (Å²) in [6.45, 7) is 0.750. The van der Waals surface area contributed by atoms with E-state index in [4.69, 9.17) is 5.11 Å². The SMILES string of the molecule is CN(CCCCc1ccccc1)C(=O)C1CCCC(C(=O)O)C1. The second kappa shape index (κ2) is 8.70. The van der Waals surface area contributed by atoms with E-state index in [9.17, 15) is 9.59 Å². The minimum atomic E-state index is -0.756. The molecule has 0 heterocycles. The molecule has 1 amide bonds. The summed E-state index contributed by atoms with van der Waals surface area (Å²) in [6, 6.07) is 10.4. The third kappa shape index (κ3) is 5.38. The van der Waals surface area contributed by atoms with Crippen molar-refractivity contribution in [3.8, 4) is 0 Å². The second-order valence-electron chi connectivity index (χ2n) is 6.60. The Labute approximate surface area is 138 Å². The molecule has 1 fully saturated rings. The number of unbranched alkanes of at least 4 members (excludes halogenated alkanes) is 1. The van der Waals surface area contributed by atoms with E-state index in [0.29, 0.717) is 12.8 Å². The van der Waals surface area contributed by atoms with Crippen LogP contribution in [0.2, 0.25) is 0 Å². The molecule has 0 aliphatic heterocycles. The highest BCUT2D eigenvalue weighted by atomic mass is 16.4. The molecule has 0 saturated heterocycles. The number of aliphatic carboxylic acids is 1. The van der Waals surface area contributed by atoms with E-state index in [1.54, 1.807) is 4.90 Å². The summed E-state index contributed by atoms with van der Waals surface area (Å²) in [5, 5.41) is 9.13. The molecule has 1 aliphatic carbocycles. The molecule has 23 heavy (non-hydrogen) atoms. The van der Waals surface area contributed by atoms with E-state index < -0.39 is 5.97 Å². The largest absolute Gasteiger partial charge is 0.481 e. The molecule has 2 unspecified atom stereocenters. The van der Waals surface area contributed by atoms with Crippen molar-refractivity contribution in [1.29, 1.82) is 0 Å². The van der Waals surface area contributed by atoms with Crippen LogP contribution < -0.4 is 0 Å². The Balaban J connectivity index is 1.71. The average Bonchev–Trinajstić information content (AvgIpc) is 2.59. The lowest BCUT2D eigenvalue weighted by atomic mass is 9.81. The Morgan fingerprint density at radius 3 is 2.52 bits per heavy atom. The van der Waals surface area contributed by atoms with E-state index in [1.165, 1.54) is 5.56 Å². The first-order valence-corrected chi connectivity index (χ1v) is 8.59. The van der Waals surface area contributed by atoms with Crippen LogP contribution in [0.4, 0.5) is 0 Å². The van der Waals surface area contributed by atoms with Crippen LogP contribution in [-0.2, 0) is 16.0 Å². The summed E-state index contributed by atoms with van der Waals surface area (Å²) in [6.07, 6.45) is 5.96. The fourth-order valence-corrected chi connectivity index (χ4v) is 3.38. The molecule has 4 nitrogen and oxygen atoms in total. The van der Waals surface area contributed by atoms with Crippen molar-refractivity contribution in [2.24, 2.45) is 11.8 Å². The summed E-state index contributed by atoms with van der Waals surface area (Å²) in [7, 11) is 1.84. The van der Waals surface area contributed by atoms with Crippen molar-refractivity contribution >= 4 is 11.9 Å². The van der Waals surface area contributed by atoms with Crippen molar-refractivity contribution in [1.82, 2.24) is 4.90 Å². The van der Waals surface area contributed by atoms with E-state index >= 15 is 0 Å². The molecule has 0 bridgehead atoms. The second-order valence-corrected chi connectivity index (χ2v) is 6.60. The molecule has 1 aromatic carbocycles. The quantitative estimate of drug-likeness (QED) is 0.785. The Hall–Kier alpha value is -1.84. The molecule has 4 heteroatoms. The molecular weight excluding hydrogens is 290 g/mol. The van der Waals surface area contributed by atoms with Crippen molar-refractivity contribution in [3.05, 3.63) is 35.9 Å². The summed E-state index contributed by atoms with van der Waals surface area (Å²) in [4.78, 5) is 25.4. The number of carbonyl (C=O) groups excluding carboxylic acids is 1. The van der Waals surface area contributed by atoms with Crippen LogP contribution in [0.1, 0.15) is 44.1 Å². The van der Waals surface area contributed by atoms with Gasteiger partial charge in [-0.25, -0.2) is 0 Å². The molecule has 1 saturated carbocycles. The van der Waals surface area contributed by atoms with Gasteiger partial charge in [0.15, 0.2) is 0 Å². The van der Waals surface area contributed by atoms with Gasteiger partial charge in [0.25, 0.3) is 0 Å². The predicted octanol–water partition coefficient (Wildman–Crippen LogP) is 3.36. The number of benzene rings is 1. The van der Waals surface area contributed by atoms with Crippen LogP contribution in [0.5, 0.6) is 0 Å². The zero-order chi connectivity index (χ0) is 16.7. The van der Waals surface area contributed by atoms with E-state index in [0.717, 1.165) is 38.6 Å². The van der Waals surface area contributed by atoms with Gasteiger partial charge in [-0.1, -0.05) is 36.8 Å². The molecule has 0 aromatic heterocycles. The fourth-order valence-electron chi connectivity index (χ4n) is 3.38. The molecule has 0 spiro atoms. The normalized spacial score (nSPS) is 20.9. The Kier molecular flexibility index (Phi) is 6.63. The molecule has 1 aliphatic rings. The smallest absolute Gasteiger partial charge is 0.306 e. The van der Waals surface area contributed by atoms with Crippen LogP contribution in [-0.4, -0.2) is 35.5 Å². The highest BCUT2D eigenvalue weighted by Crippen LogP contribution is 2.30. The van der Waals surface area contributed by atoms with Crippen molar-refractivity contribution < 1.29 is 14.7 Å². The highest BCUT2D eigenvalue weighted by Gasteiger charge is 2.32. The third-order valence-corrected chi connectivity index (χ3v) is 4.80. The van der Waals surface area contributed by atoms with Gasteiger partial charge in [0.2, 0.25) is 5.91 Å². The first-order chi connectivity index (χ1) is 11.1. The number of amides is 1. The average molecular weight is 317 g/mol. The molecule has 0 radical (unpaired) electrons. The van der Waals surface area contributed by atoms with Crippen LogP contribution >= 0.6 is 0 Å². The van der Waals surface area contributed by atoms with Gasteiger partial charge in [-0.15, -0.1) is 0 Å². The number of carbonyl (C=O) groups is 2. The summed E-state index contributed by atoms with van der Waals surface area (Å²) in [5.41, 5.74) is 1.33. The Bertz CT molecular complexity index is 515. The van der Waals surface area contributed by atoms with Crippen LogP contribution in [0, 0.1) is 11.8 Å². The molecule has 126 valence electrons. The maximum atomic E-state index is 12.5. The van der Waals surface area contributed by atoms with E-state index in [2.05, 4.69) is 12.1 Å². The van der Waals surface area contributed by atoms with Crippen molar-refractivity contribution in [2.45, 2.75) is 44.9 Å². The number of carboxylic acid groups (broad SMARTS) is 1. The van der Waals surface area contributed by atoms with Gasteiger partial charge in [-0.05, 0) is 44.1 Å². The first-order valence-electron chi connectivity index (χ1n) is 8.59. The van der Waals surface area contributed by atoms with Crippen LogP contribution in [0.15, 0.2) is 30.3 Å². The first kappa shape index (κ1) is 17.5. The summed E-state index contributed by atoms with van der Waals surface area (Å²) < 4.78 is 0. The van der Waals surface area contributed by atoms with Crippen LogP contribution in [0.25, 0.3) is 0 Å². The topological polar surface area (TPSA) is 57.6 Å². The maximum absolute atomic E-state index is 12.5. The minimum Gasteiger partial charge on any atom is -0.481 e. The van der Waals surface area contributed by atoms with Gasteiger partial charge in [0.1, 0.15) is 0 Å². The van der Waals surface area contributed by atoms with E-state index in [-0.39, 0.29) is 17.7 Å². The number of hydrogen-bond donors (Lipinski definition) is 1. The monoisotopic (exact) mass is 317 g/mol. The van der Waals surface area contributed by atoms with Gasteiger partial charge < -0.3 is 10.0 Å². The van der Waals surface area contributed by atoms with Gasteiger partial charge in [0, 0.05) is 19.5 Å². The zero-order valence-corrected chi connectivity index (χ0v) is 13.9. The number of carboxylic acids is 1. The summed E-state index contributed by atoms with van der Waals surface area (Å²) in [5.74, 6) is -1.09. The van der Waals surface area contributed by atoms with E-state index in [1.807, 2.05) is 25.2 Å². The fraction of sp³-hybridized carbons (Fsp3) is 0.579. The highest BCUT2D eigenvalue weighted by molar-refractivity contribution is 5.80. The molecule has 2 rings (SSSR count). The standard InChI is InChI=1S/C19H27NO3/c1-20(13-6-5-10-15-8-3-2-4-9-15)18(21)16-11-7-12-17(14-16)19(22)23/h2-4,8-9,16-17H,5-7,10-14H2,1H3,(H,22,23). The van der Waals surface area contributed by atoms with Crippen molar-refractivity contribution in [2.75, 3.05) is 13.6 Å². The Morgan fingerprint density at radius 2 is 1.83 bits per heavy atom. The van der Waals surface area contributed by atoms with Gasteiger partial charge in [-0.3, -0.25) is 9.59 Å². The Morgan fingerprint density at radius 1 is 1.13 bits per heavy atom. The molecule has 2 atom stereocenters. The predicted molar refractivity (Wildman–Crippen MR) is 90.1 cm³/mol. The lowest BCUT2D eigenvalue weighted by Crippen LogP contribution is -2.37. The molecule has 1 N–H and O–H groups in total. The maximum Gasteiger partial charge on any atom is 0.306 e. The number of aryl methyl sites for hydroxylation is 1. The molecule has 1 aromatic rings. The molecular formula is C19H27NO3. The number of nitrogens with zero attached hydrogens (tertiary/aromatic N) is 1. The van der Waals surface area contributed by atoms with Gasteiger partial charge in [0.05, 0.1) is 5.92 Å².